The fourth-order valence-corrected chi connectivity index (χ4v) is 4.86. The Balaban J connectivity index is 1.68. The van der Waals surface area contributed by atoms with Crippen molar-refractivity contribution in [1.82, 2.24) is 14.6 Å². The molecule has 1 aromatic carbocycles. The molecular formula is C22H21N5O3S. The number of hydrogen-bond donors (Lipinski definition) is 3. The third-order valence-electron chi connectivity index (χ3n) is 5.19. The number of H-pyrrole nitrogens is 1. The molecule has 4 rings (SSSR count). The molecule has 158 valence electrons. The standard InChI is InChI=1S/C22H21N5O3S/c1-11-15(12(2)27-16(24-11)10-18(29)26-27)9-17(28)25-22-20(21(23)30)19(13(3)31-22)14-7-5-4-6-8-14/h4-8,10H,9H2,1-3H3,(H2,23,30)(H,25,28)(H,26,29). The van der Waals surface area contributed by atoms with E-state index in [4.69, 9.17) is 5.73 Å². The van der Waals surface area contributed by atoms with Gasteiger partial charge in [0.25, 0.3) is 11.5 Å². The van der Waals surface area contributed by atoms with Gasteiger partial charge in [-0.05, 0) is 26.3 Å². The predicted octanol–water partition coefficient (Wildman–Crippen LogP) is 2.96. The molecule has 0 fully saturated rings. The molecule has 9 heteroatoms. The summed E-state index contributed by atoms with van der Waals surface area (Å²) >= 11 is 1.32. The second-order valence-corrected chi connectivity index (χ2v) is 8.49. The molecule has 0 bridgehead atoms. The van der Waals surface area contributed by atoms with E-state index < -0.39 is 5.91 Å². The number of hydrogen-bond acceptors (Lipinski definition) is 5. The number of nitrogens with one attached hydrogen (secondary N) is 2. The van der Waals surface area contributed by atoms with E-state index >= 15 is 0 Å². The van der Waals surface area contributed by atoms with Crippen LogP contribution in [0.5, 0.6) is 0 Å². The van der Waals surface area contributed by atoms with Gasteiger partial charge in [0.15, 0.2) is 5.65 Å². The fourth-order valence-electron chi connectivity index (χ4n) is 3.76. The van der Waals surface area contributed by atoms with Gasteiger partial charge < -0.3 is 11.1 Å². The molecule has 3 aromatic heterocycles. The van der Waals surface area contributed by atoms with Crippen molar-refractivity contribution in [3.63, 3.8) is 0 Å². The van der Waals surface area contributed by atoms with Crippen molar-refractivity contribution in [2.75, 3.05) is 5.32 Å². The molecule has 0 saturated heterocycles. The van der Waals surface area contributed by atoms with Gasteiger partial charge in [0.2, 0.25) is 5.91 Å². The average Bonchev–Trinajstić information content (AvgIpc) is 3.24. The number of thiophene rings is 1. The van der Waals surface area contributed by atoms with E-state index in [1.807, 2.05) is 44.2 Å². The van der Waals surface area contributed by atoms with Gasteiger partial charge >= 0.3 is 0 Å². The monoisotopic (exact) mass is 435 g/mol. The quantitative estimate of drug-likeness (QED) is 0.446. The largest absolute Gasteiger partial charge is 0.365 e. The van der Waals surface area contributed by atoms with Crippen LogP contribution in [0, 0.1) is 20.8 Å². The molecule has 3 heterocycles. The van der Waals surface area contributed by atoms with Gasteiger partial charge in [-0.1, -0.05) is 30.3 Å². The first-order valence-corrected chi connectivity index (χ1v) is 10.4. The van der Waals surface area contributed by atoms with Crippen LogP contribution in [0.15, 0.2) is 41.2 Å². The lowest BCUT2D eigenvalue weighted by atomic mass is 10.0. The third kappa shape index (κ3) is 3.75. The van der Waals surface area contributed by atoms with Gasteiger partial charge in [-0.3, -0.25) is 19.5 Å². The summed E-state index contributed by atoms with van der Waals surface area (Å²) < 4.78 is 1.57. The lowest BCUT2D eigenvalue weighted by molar-refractivity contribution is -0.115. The van der Waals surface area contributed by atoms with Crippen LogP contribution in [0.2, 0.25) is 0 Å². The highest BCUT2D eigenvalue weighted by molar-refractivity contribution is 7.17. The van der Waals surface area contributed by atoms with Crippen LogP contribution in [0.1, 0.15) is 32.2 Å². The van der Waals surface area contributed by atoms with E-state index in [2.05, 4.69) is 15.4 Å². The first kappa shape index (κ1) is 20.5. The molecule has 0 radical (unpaired) electrons. The molecule has 0 aliphatic heterocycles. The Kier molecular flexibility index (Phi) is 5.20. The van der Waals surface area contributed by atoms with E-state index in [0.29, 0.717) is 27.5 Å². The predicted molar refractivity (Wildman–Crippen MR) is 121 cm³/mol. The number of aromatic amines is 1. The molecule has 0 unspecified atom stereocenters. The number of nitrogens with zero attached hydrogens (tertiary/aromatic N) is 2. The van der Waals surface area contributed by atoms with Crippen molar-refractivity contribution < 1.29 is 9.59 Å². The summed E-state index contributed by atoms with van der Waals surface area (Å²) in [4.78, 5) is 42.1. The van der Waals surface area contributed by atoms with E-state index in [-0.39, 0.29) is 17.9 Å². The van der Waals surface area contributed by atoms with Gasteiger partial charge in [0.05, 0.1) is 12.0 Å². The number of aromatic nitrogens is 3. The maximum Gasteiger partial charge on any atom is 0.266 e. The van der Waals surface area contributed by atoms with E-state index in [1.165, 1.54) is 17.4 Å². The maximum absolute atomic E-state index is 12.9. The lowest BCUT2D eigenvalue weighted by Gasteiger charge is -2.12. The molecule has 4 aromatic rings. The van der Waals surface area contributed by atoms with E-state index in [0.717, 1.165) is 21.7 Å². The molecule has 2 amide bonds. The number of primary amides is 1. The zero-order valence-corrected chi connectivity index (χ0v) is 18.1. The van der Waals surface area contributed by atoms with Gasteiger partial charge in [-0.2, -0.15) is 0 Å². The minimum Gasteiger partial charge on any atom is -0.365 e. The van der Waals surface area contributed by atoms with Crippen molar-refractivity contribution in [2.24, 2.45) is 5.73 Å². The summed E-state index contributed by atoms with van der Waals surface area (Å²) in [5.74, 6) is -0.899. The Morgan fingerprint density at radius 1 is 1.19 bits per heavy atom. The minimum atomic E-state index is -0.598. The van der Waals surface area contributed by atoms with Crippen LogP contribution in [0.25, 0.3) is 16.8 Å². The van der Waals surface area contributed by atoms with Crippen molar-refractivity contribution in [1.29, 1.82) is 0 Å². The first-order chi connectivity index (χ1) is 14.8. The zero-order chi connectivity index (χ0) is 22.3. The highest BCUT2D eigenvalue weighted by atomic mass is 32.1. The SMILES string of the molecule is Cc1nc2cc(=O)[nH]n2c(C)c1CC(=O)Nc1sc(C)c(-c2ccccc2)c1C(N)=O. The van der Waals surface area contributed by atoms with Crippen LogP contribution in [-0.2, 0) is 11.2 Å². The molecule has 0 aliphatic carbocycles. The van der Waals surface area contributed by atoms with Crippen molar-refractivity contribution >= 4 is 33.8 Å². The molecule has 0 atom stereocenters. The number of nitrogens with two attached hydrogens (primary N) is 1. The summed E-state index contributed by atoms with van der Waals surface area (Å²) in [6.07, 6.45) is 0.0383. The molecule has 4 N–H and O–H groups in total. The molecule has 0 aliphatic rings. The van der Waals surface area contributed by atoms with Crippen LogP contribution in [0.4, 0.5) is 5.00 Å². The number of anilines is 1. The second-order valence-electron chi connectivity index (χ2n) is 7.27. The number of benzene rings is 1. The summed E-state index contributed by atoms with van der Waals surface area (Å²) in [6.45, 7) is 5.51. The van der Waals surface area contributed by atoms with Gasteiger partial charge in [-0.15, -0.1) is 11.3 Å². The summed E-state index contributed by atoms with van der Waals surface area (Å²) in [6, 6.07) is 10.9. The summed E-state index contributed by atoms with van der Waals surface area (Å²) in [5.41, 5.74) is 9.91. The molecule has 0 spiro atoms. The molecule has 8 nitrogen and oxygen atoms in total. The zero-order valence-electron chi connectivity index (χ0n) is 17.3. The smallest absolute Gasteiger partial charge is 0.266 e. The fraction of sp³-hybridized carbons (Fsp3) is 0.182. The van der Waals surface area contributed by atoms with Gasteiger partial charge in [-0.25, -0.2) is 9.50 Å². The first-order valence-electron chi connectivity index (χ1n) is 9.62. The van der Waals surface area contributed by atoms with Gasteiger partial charge in [0, 0.05) is 33.5 Å². The Morgan fingerprint density at radius 2 is 1.90 bits per heavy atom. The van der Waals surface area contributed by atoms with Crippen LogP contribution >= 0.6 is 11.3 Å². The van der Waals surface area contributed by atoms with E-state index in [1.54, 1.807) is 11.4 Å². The summed E-state index contributed by atoms with van der Waals surface area (Å²) in [7, 11) is 0. The average molecular weight is 436 g/mol. The topological polar surface area (TPSA) is 122 Å². The van der Waals surface area contributed by atoms with E-state index in [9.17, 15) is 14.4 Å². The second kappa shape index (κ2) is 7.84. The molecule has 0 saturated carbocycles. The Morgan fingerprint density at radius 3 is 2.58 bits per heavy atom. The number of aryl methyl sites for hydroxylation is 3. The summed E-state index contributed by atoms with van der Waals surface area (Å²) in [5, 5.41) is 5.95. The Hall–Kier alpha value is -3.72. The normalized spacial score (nSPS) is 11.1. The van der Waals surface area contributed by atoms with Gasteiger partial charge in [0.1, 0.15) is 5.00 Å². The number of fused-ring (bicyclic) bond motifs is 1. The molecule has 31 heavy (non-hydrogen) atoms. The van der Waals surface area contributed by atoms with Crippen LogP contribution in [0.3, 0.4) is 0 Å². The van der Waals surface area contributed by atoms with Crippen molar-refractivity contribution in [3.8, 4) is 11.1 Å². The molecular weight excluding hydrogens is 414 g/mol. The highest BCUT2D eigenvalue weighted by Gasteiger charge is 2.23. The maximum atomic E-state index is 12.9. The number of rotatable bonds is 5. The Labute approximate surface area is 181 Å². The minimum absolute atomic E-state index is 0.0383. The number of carbonyl (C=O) groups excluding carboxylic acids is 2. The third-order valence-corrected chi connectivity index (χ3v) is 6.21. The number of amides is 2. The van der Waals surface area contributed by atoms with Crippen molar-refractivity contribution in [3.05, 3.63) is 74.1 Å². The lowest BCUT2D eigenvalue weighted by Crippen LogP contribution is -2.20. The van der Waals surface area contributed by atoms with Crippen LogP contribution in [-0.4, -0.2) is 26.4 Å². The Bertz CT molecular complexity index is 1380. The van der Waals surface area contributed by atoms with Crippen LogP contribution < -0.4 is 16.6 Å². The number of carbonyl (C=O) groups is 2. The highest BCUT2D eigenvalue weighted by Crippen LogP contribution is 2.39. The van der Waals surface area contributed by atoms with Crippen molar-refractivity contribution in [2.45, 2.75) is 27.2 Å².